The van der Waals surface area contributed by atoms with Crippen molar-refractivity contribution in [3.63, 3.8) is 0 Å². The van der Waals surface area contributed by atoms with Crippen molar-refractivity contribution >= 4 is 18.0 Å². The minimum Gasteiger partial charge on any atom is -0.488 e. The first kappa shape index (κ1) is 16.8. The molecule has 1 amide bonds. The molecule has 0 bridgehead atoms. The average molecular weight is 337 g/mol. The van der Waals surface area contributed by atoms with Crippen LogP contribution in [0.15, 0.2) is 54.6 Å². The molecule has 1 N–H and O–H groups in total. The summed E-state index contributed by atoms with van der Waals surface area (Å²) in [5, 5.41) is 2.84. The van der Waals surface area contributed by atoms with Gasteiger partial charge in [0, 0.05) is 12.5 Å². The lowest BCUT2D eigenvalue weighted by molar-refractivity contribution is -0.116. The van der Waals surface area contributed by atoms with Crippen molar-refractivity contribution in [1.82, 2.24) is 5.32 Å². The summed E-state index contributed by atoms with van der Waals surface area (Å²) in [5.41, 5.74) is 2.42. The van der Waals surface area contributed by atoms with Crippen molar-refractivity contribution < 1.29 is 19.1 Å². The predicted octanol–water partition coefficient (Wildman–Crippen LogP) is 2.61. The maximum Gasteiger partial charge on any atom is 0.337 e. The second kappa shape index (κ2) is 7.66. The highest BCUT2D eigenvalue weighted by Gasteiger charge is 2.24. The molecule has 1 aliphatic rings. The van der Waals surface area contributed by atoms with Crippen LogP contribution in [0.2, 0.25) is 0 Å². The molecule has 2 aromatic carbocycles. The Bertz CT molecular complexity index is 799. The minimum atomic E-state index is -0.370. The monoisotopic (exact) mass is 337 g/mol. The molecule has 0 aliphatic carbocycles. The van der Waals surface area contributed by atoms with Crippen LogP contribution in [-0.2, 0) is 16.0 Å². The second-order valence-corrected chi connectivity index (χ2v) is 5.75. The molecular weight excluding hydrogens is 318 g/mol. The zero-order valence-electron chi connectivity index (χ0n) is 13.9. The van der Waals surface area contributed by atoms with E-state index in [4.69, 9.17) is 9.47 Å². The molecule has 5 nitrogen and oxygen atoms in total. The predicted molar refractivity (Wildman–Crippen MR) is 94.4 cm³/mol. The summed E-state index contributed by atoms with van der Waals surface area (Å²) in [5.74, 6) is 0.205. The Morgan fingerprint density at radius 3 is 2.80 bits per heavy atom. The fourth-order valence-electron chi connectivity index (χ4n) is 2.69. The first-order valence-electron chi connectivity index (χ1n) is 8.04. The van der Waals surface area contributed by atoms with E-state index in [9.17, 15) is 9.59 Å². The number of nitrogens with one attached hydrogen (secondary N) is 1. The van der Waals surface area contributed by atoms with Gasteiger partial charge in [0.2, 0.25) is 5.91 Å². The topological polar surface area (TPSA) is 64.6 Å². The van der Waals surface area contributed by atoms with Gasteiger partial charge >= 0.3 is 5.97 Å². The lowest BCUT2D eigenvalue weighted by atomic mass is 10.1. The fourth-order valence-corrected chi connectivity index (χ4v) is 2.69. The molecule has 3 rings (SSSR count). The van der Waals surface area contributed by atoms with E-state index in [0.29, 0.717) is 18.5 Å². The first-order valence-corrected chi connectivity index (χ1v) is 8.04. The van der Waals surface area contributed by atoms with Gasteiger partial charge in [-0.1, -0.05) is 30.3 Å². The molecule has 0 saturated heterocycles. The third-order valence-electron chi connectivity index (χ3n) is 3.95. The first-order chi connectivity index (χ1) is 12.2. The molecule has 1 heterocycles. The molecule has 25 heavy (non-hydrogen) atoms. The lowest BCUT2D eigenvalue weighted by Gasteiger charge is -2.10. The molecule has 0 spiro atoms. The van der Waals surface area contributed by atoms with Crippen LogP contribution in [0.25, 0.3) is 6.08 Å². The van der Waals surface area contributed by atoms with Crippen LogP contribution < -0.4 is 10.1 Å². The van der Waals surface area contributed by atoms with Crippen LogP contribution >= 0.6 is 0 Å². The highest BCUT2D eigenvalue weighted by Crippen LogP contribution is 2.29. The summed E-state index contributed by atoms with van der Waals surface area (Å²) < 4.78 is 10.5. The number of rotatable bonds is 5. The van der Waals surface area contributed by atoms with E-state index in [1.54, 1.807) is 24.3 Å². The highest BCUT2D eigenvalue weighted by atomic mass is 16.5. The van der Waals surface area contributed by atoms with Crippen LogP contribution in [0.1, 0.15) is 21.5 Å². The van der Waals surface area contributed by atoms with Crippen LogP contribution in [0.3, 0.4) is 0 Å². The van der Waals surface area contributed by atoms with Crippen molar-refractivity contribution in [2.24, 2.45) is 0 Å². The molecule has 0 radical (unpaired) electrons. The van der Waals surface area contributed by atoms with Crippen molar-refractivity contribution in [2.45, 2.75) is 12.5 Å². The SMILES string of the molecule is COC(=O)c1ccc2c(c1)CC(CNC(=O)/C=C/c1ccccc1)O2. The van der Waals surface area contributed by atoms with Gasteiger partial charge in [0.25, 0.3) is 0 Å². The van der Waals surface area contributed by atoms with Crippen LogP contribution in [-0.4, -0.2) is 31.6 Å². The molecule has 128 valence electrons. The van der Waals surface area contributed by atoms with Crippen LogP contribution in [0, 0.1) is 0 Å². The van der Waals surface area contributed by atoms with Gasteiger partial charge in [0.1, 0.15) is 11.9 Å². The van der Waals surface area contributed by atoms with Crippen molar-refractivity contribution in [3.05, 3.63) is 71.3 Å². The molecule has 0 saturated carbocycles. The molecule has 2 aromatic rings. The Morgan fingerprint density at radius 2 is 2.04 bits per heavy atom. The highest BCUT2D eigenvalue weighted by molar-refractivity contribution is 5.91. The fraction of sp³-hybridized carbons (Fsp3) is 0.200. The minimum absolute atomic E-state index is 0.142. The van der Waals surface area contributed by atoms with E-state index < -0.39 is 0 Å². The molecule has 1 atom stereocenters. The molecule has 1 unspecified atom stereocenters. The molecular formula is C20H19NO4. The van der Waals surface area contributed by atoms with Gasteiger partial charge < -0.3 is 14.8 Å². The number of fused-ring (bicyclic) bond motifs is 1. The maximum atomic E-state index is 11.9. The van der Waals surface area contributed by atoms with E-state index in [1.165, 1.54) is 13.2 Å². The summed E-state index contributed by atoms with van der Waals surface area (Å²) in [7, 11) is 1.35. The lowest BCUT2D eigenvalue weighted by Crippen LogP contribution is -2.33. The number of benzene rings is 2. The van der Waals surface area contributed by atoms with Gasteiger partial charge in [-0.05, 0) is 35.4 Å². The van der Waals surface area contributed by atoms with Gasteiger partial charge in [-0.15, -0.1) is 0 Å². The largest absolute Gasteiger partial charge is 0.488 e. The number of esters is 1. The quantitative estimate of drug-likeness (QED) is 0.673. The summed E-state index contributed by atoms with van der Waals surface area (Å²) in [6, 6.07) is 14.8. The number of carbonyl (C=O) groups excluding carboxylic acids is 2. The Balaban J connectivity index is 1.52. The maximum absolute atomic E-state index is 11.9. The van der Waals surface area contributed by atoms with E-state index in [0.717, 1.165) is 16.9 Å². The summed E-state index contributed by atoms with van der Waals surface area (Å²) in [6.07, 6.45) is 3.77. The van der Waals surface area contributed by atoms with E-state index in [2.05, 4.69) is 5.32 Å². The van der Waals surface area contributed by atoms with Gasteiger partial charge in [-0.25, -0.2) is 4.79 Å². The number of methoxy groups -OCH3 is 1. The van der Waals surface area contributed by atoms with Crippen LogP contribution in [0.4, 0.5) is 0 Å². The zero-order valence-corrected chi connectivity index (χ0v) is 13.9. The summed E-state index contributed by atoms with van der Waals surface area (Å²) >= 11 is 0. The average Bonchev–Trinajstić information content (AvgIpc) is 3.07. The van der Waals surface area contributed by atoms with E-state index >= 15 is 0 Å². The van der Waals surface area contributed by atoms with E-state index in [1.807, 2.05) is 30.3 Å². The Morgan fingerprint density at radius 1 is 1.24 bits per heavy atom. The second-order valence-electron chi connectivity index (χ2n) is 5.75. The smallest absolute Gasteiger partial charge is 0.337 e. The van der Waals surface area contributed by atoms with Crippen LogP contribution in [0.5, 0.6) is 5.75 Å². The Labute approximate surface area is 146 Å². The number of hydrogen-bond acceptors (Lipinski definition) is 4. The Kier molecular flexibility index (Phi) is 5.14. The van der Waals surface area contributed by atoms with Gasteiger partial charge in [0.15, 0.2) is 0 Å². The third kappa shape index (κ3) is 4.26. The standard InChI is InChI=1S/C20H19NO4/c1-24-20(23)15-8-9-18-16(11-15)12-17(25-18)13-21-19(22)10-7-14-5-3-2-4-6-14/h2-11,17H,12-13H2,1H3,(H,21,22)/b10-7+. The molecule has 0 aromatic heterocycles. The summed E-state index contributed by atoms with van der Waals surface area (Å²) in [4.78, 5) is 23.5. The third-order valence-corrected chi connectivity index (χ3v) is 3.95. The van der Waals surface area contributed by atoms with Crippen molar-refractivity contribution in [3.8, 4) is 5.75 Å². The molecule has 0 fully saturated rings. The number of carbonyl (C=O) groups is 2. The molecule has 1 aliphatic heterocycles. The number of ether oxygens (including phenoxy) is 2. The zero-order chi connectivity index (χ0) is 17.6. The van der Waals surface area contributed by atoms with Gasteiger partial charge in [-0.2, -0.15) is 0 Å². The van der Waals surface area contributed by atoms with Gasteiger partial charge in [0.05, 0.1) is 19.2 Å². The van der Waals surface area contributed by atoms with E-state index in [-0.39, 0.29) is 18.0 Å². The molecule has 5 heteroatoms. The van der Waals surface area contributed by atoms with Crippen molar-refractivity contribution in [2.75, 3.05) is 13.7 Å². The number of amides is 1. The number of hydrogen-bond donors (Lipinski definition) is 1. The summed E-state index contributed by atoms with van der Waals surface area (Å²) in [6.45, 7) is 0.403. The normalized spacial score (nSPS) is 15.5. The van der Waals surface area contributed by atoms with Crippen molar-refractivity contribution in [1.29, 1.82) is 0 Å². The van der Waals surface area contributed by atoms with Gasteiger partial charge in [-0.3, -0.25) is 4.79 Å². The Hall–Kier alpha value is -3.08.